The number of hydrogen-bond acceptors (Lipinski definition) is 3. The minimum Gasteiger partial charge on any atom is -0.494 e. The van der Waals surface area contributed by atoms with Crippen molar-refractivity contribution in [3.05, 3.63) is 29.3 Å². The molecular weight excluding hydrogens is 250 g/mol. The van der Waals surface area contributed by atoms with Crippen LogP contribution in [0.4, 0.5) is 0 Å². The molecule has 0 aromatic heterocycles. The quantitative estimate of drug-likeness (QED) is 0.789. The summed E-state index contributed by atoms with van der Waals surface area (Å²) in [5, 5.41) is 9.77. The molecule has 0 radical (unpaired) electrons. The van der Waals surface area contributed by atoms with Gasteiger partial charge in [-0.3, -0.25) is 4.90 Å². The summed E-state index contributed by atoms with van der Waals surface area (Å²) < 4.78 is 5.74. The van der Waals surface area contributed by atoms with Crippen LogP contribution >= 0.6 is 0 Å². The third kappa shape index (κ3) is 3.97. The predicted molar refractivity (Wildman–Crippen MR) is 82.0 cm³/mol. The molecule has 1 atom stereocenters. The highest BCUT2D eigenvalue weighted by Gasteiger charge is 2.28. The van der Waals surface area contributed by atoms with Gasteiger partial charge in [0.05, 0.1) is 12.7 Å². The fourth-order valence-corrected chi connectivity index (χ4v) is 2.62. The molecule has 0 amide bonds. The van der Waals surface area contributed by atoms with Crippen LogP contribution in [0.25, 0.3) is 0 Å². The summed E-state index contributed by atoms with van der Waals surface area (Å²) in [4.78, 5) is 2.55. The lowest BCUT2D eigenvalue weighted by Gasteiger charge is -2.23. The zero-order valence-corrected chi connectivity index (χ0v) is 12.9. The van der Waals surface area contributed by atoms with Crippen molar-refractivity contribution in [2.75, 3.05) is 13.2 Å². The Morgan fingerprint density at radius 3 is 2.65 bits per heavy atom. The van der Waals surface area contributed by atoms with Gasteiger partial charge in [-0.25, -0.2) is 0 Å². The molecule has 0 heterocycles. The van der Waals surface area contributed by atoms with Crippen molar-refractivity contribution in [3.63, 3.8) is 0 Å². The van der Waals surface area contributed by atoms with E-state index in [-0.39, 0.29) is 0 Å². The van der Waals surface area contributed by atoms with Crippen molar-refractivity contribution < 1.29 is 9.84 Å². The van der Waals surface area contributed by atoms with E-state index in [9.17, 15) is 5.11 Å². The van der Waals surface area contributed by atoms with Crippen LogP contribution in [0.2, 0.25) is 0 Å². The maximum Gasteiger partial charge on any atom is 0.123 e. The van der Waals surface area contributed by atoms with Gasteiger partial charge in [-0.05, 0) is 57.4 Å². The summed E-state index contributed by atoms with van der Waals surface area (Å²) >= 11 is 0. The second-order valence-corrected chi connectivity index (χ2v) is 5.68. The van der Waals surface area contributed by atoms with E-state index >= 15 is 0 Å². The molecule has 0 aliphatic heterocycles. The van der Waals surface area contributed by atoms with Gasteiger partial charge < -0.3 is 9.84 Å². The van der Waals surface area contributed by atoms with Crippen molar-refractivity contribution in [3.8, 4) is 5.75 Å². The van der Waals surface area contributed by atoms with Gasteiger partial charge in [0.25, 0.3) is 0 Å². The third-order valence-electron chi connectivity index (χ3n) is 3.81. The van der Waals surface area contributed by atoms with E-state index in [2.05, 4.69) is 17.9 Å². The summed E-state index contributed by atoms with van der Waals surface area (Å²) in [6.45, 7) is 8.79. The topological polar surface area (TPSA) is 32.7 Å². The van der Waals surface area contributed by atoms with Crippen LogP contribution in [-0.2, 0) is 6.54 Å². The normalized spacial score (nSPS) is 16.4. The first-order valence-electron chi connectivity index (χ1n) is 7.83. The number of rotatable bonds is 8. The van der Waals surface area contributed by atoms with Crippen LogP contribution in [0.1, 0.15) is 57.3 Å². The number of benzene rings is 1. The Morgan fingerprint density at radius 1 is 1.35 bits per heavy atom. The van der Waals surface area contributed by atoms with Gasteiger partial charge in [0.1, 0.15) is 5.75 Å². The number of hydrogen-bond donors (Lipinski definition) is 1. The number of aliphatic hydroxyl groups excluding tert-OH is 1. The molecule has 1 aliphatic carbocycles. The maximum absolute atomic E-state index is 9.77. The van der Waals surface area contributed by atoms with E-state index < -0.39 is 6.10 Å². The lowest BCUT2D eigenvalue weighted by molar-refractivity contribution is 0.198. The molecule has 3 nitrogen and oxygen atoms in total. The SMILES string of the molecule is CCCN(Cc1cc(C(C)O)ccc1OCC)C1CC1. The summed E-state index contributed by atoms with van der Waals surface area (Å²) in [5.41, 5.74) is 2.17. The van der Waals surface area contributed by atoms with Gasteiger partial charge >= 0.3 is 0 Å². The molecule has 20 heavy (non-hydrogen) atoms. The van der Waals surface area contributed by atoms with E-state index in [0.717, 1.165) is 30.4 Å². The van der Waals surface area contributed by atoms with Crippen LogP contribution in [0, 0.1) is 0 Å². The van der Waals surface area contributed by atoms with Crippen molar-refractivity contribution in [2.24, 2.45) is 0 Å². The van der Waals surface area contributed by atoms with Crippen LogP contribution < -0.4 is 4.74 Å². The van der Waals surface area contributed by atoms with Crippen molar-refractivity contribution in [2.45, 2.75) is 58.7 Å². The third-order valence-corrected chi connectivity index (χ3v) is 3.81. The Morgan fingerprint density at radius 2 is 2.10 bits per heavy atom. The van der Waals surface area contributed by atoms with E-state index in [1.165, 1.54) is 24.8 Å². The van der Waals surface area contributed by atoms with Gasteiger partial charge in [0.15, 0.2) is 0 Å². The molecule has 1 N–H and O–H groups in total. The van der Waals surface area contributed by atoms with Crippen LogP contribution in [0.3, 0.4) is 0 Å². The largest absolute Gasteiger partial charge is 0.494 e. The summed E-state index contributed by atoms with van der Waals surface area (Å²) in [6, 6.07) is 6.80. The molecular formula is C17H27NO2. The Balaban J connectivity index is 2.19. The second kappa shape index (κ2) is 7.09. The summed E-state index contributed by atoms with van der Waals surface area (Å²) in [5.74, 6) is 0.957. The molecule has 1 aliphatic rings. The summed E-state index contributed by atoms with van der Waals surface area (Å²) in [6.07, 6.45) is 3.39. The molecule has 3 heteroatoms. The van der Waals surface area contributed by atoms with Gasteiger partial charge in [0.2, 0.25) is 0 Å². The van der Waals surface area contributed by atoms with E-state index in [0.29, 0.717) is 6.61 Å². The Hall–Kier alpha value is -1.06. The van der Waals surface area contributed by atoms with E-state index in [1.54, 1.807) is 0 Å². The van der Waals surface area contributed by atoms with Crippen molar-refractivity contribution >= 4 is 0 Å². The number of aliphatic hydroxyl groups is 1. The minimum absolute atomic E-state index is 0.426. The highest BCUT2D eigenvalue weighted by atomic mass is 16.5. The zero-order valence-electron chi connectivity index (χ0n) is 12.9. The van der Waals surface area contributed by atoms with Gasteiger partial charge in [-0.1, -0.05) is 13.0 Å². The number of ether oxygens (including phenoxy) is 1. The monoisotopic (exact) mass is 277 g/mol. The molecule has 0 bridgehead atoms. The molecule has 1 aromatic rings. The molecule has 2 rings (SSSR count). The Labute approximate surface area is 122 Å². The minimum atomic E-state index is -0.426. The van der Waals surface area contributed by atoms with Crippen LogP contribution in [0.15, 0.2) is 18.2 Å². The number of nitrogens with zero attached hydrogens (tertiary/aromatic N) is 1. The zero-order chi connectivity index (χ0) is 14.5. The second-order valence-electron chi connectivity index (χ2n) is 5.68. The molecule has 0 saturated heterocycles. The first kappa shape index (κ1) is 15.3. The highest BCUT2D eigenvalue weighted by molar-refractivity contribution is 5.38. The molecule has 0 spiro atoms. The lowest BCUT2D eigenvalue weighted by atomic mass is 10.1. The van der Waals surface area contributed by atoms with Gasteiger partial charge in [-0.15, -0.1) is 0 Å². The molecule has 1 fully saturated rings. The first-order chi connectivity index (χ1) is 9.65. The highest BCUT2D eigenvalue weighted by Crippen LogP contribution is 2.31. The molecule has 1 aromatic carbocycles. The van der Waals surface area contributed by atoms with E-state index in [1.807, 2.05) is 26.0 Å². The molecule has 1 unspecified atom stereocenters. The lowest BCUT2D eigenvalue weighted by Crippen LogP contribution is -2.26. The van der Waals surface area contributed by atoms with Gasteiger partial charge in [0, 0.05) is 18.2 Å². The summed E-state index contributed by atoms with van der Waals surface area (Å²) in [7, 11) is 0. The maximum atomic E-state index is 9.77. The van der Waals surface area contributed by atoms with Gasteiger partial charge in [-0.2, -0.15) is 0 Å². The standard InChI is InChI=1S/C17H27NO2/c1-4-10-18(16-7-8-16)12-15-11-14(13(3)19)6-9-17(15)20-5-2/h6,9,11,13,16,19H,4-5,7-8,10,12H2,1-3H3. The Bertz CT molecular complexity index is 427. The smallest absolute Gasteiger partial charge is 0.123 e. The van der Waals surface area contributed by atoms with Crippen LogP contribution in [0.5, 0.6) is 5.75 Å². The molecule has 1 saturated carbocycles. The first-order valence-corrected chi connectivity index (χ1v) is 7.83. The average Bonchev–Trinajstić information content (AvgIpc) is 3.24. The van der Waals surface area contributed by atoms with E-state index in [4.69, 9.17) is 4.74 Å². The fourth-order valence-electron chi connectivity index (χ4n) is 2.62. The average molecular weight is 277 g/mol. The predicted octanol–water partition coefficient (Wildman–Crippen LogP) is 3.51. The fraction of sp³-hybridized carbons (Fsp3) is 0.647. The Kier molecular flexibility index (Phi) is 5.44. The van der Waals surface area contributed by atoms with Crippen LogP contribution in [-0.4, -0.2) is 29.2 Å². The molecule has 112 valence electrons. The van der Waals surface area contributed by atoms with Crippen molar-refractivity contribution in [1.29, 1.82) is 0 Å². The van der Waals surface area contributed by atoms with Crippen molar-refractivity contribution in [1.82, 2.24) is 4.90 Å².